The first-order chi connectivity index (χ1) is 10.7. The van der Waals surface area contributed by atoms with Gasteiger partial charge in [0.15, 0.2) is 0 Å². The molecule has 2 fully saturated rings. The van der Waals surface area contributed by atoms with E-state index in [-0.39, 0.29) is 6.10 Å². The summed E-state index contributed by atoms with van der Waals surface area (Å²) in [5.74, 6) is 1.00. The van der Waals surface area contributed by atoms with Gasteiger partial charge in [0, 0.05) is 32.8 Å². The van der Waals surface area contributed by atoms with E-state index < -0.39 is 0 Å². The molecule has 2 aliphatic heterocycles. The van der Waals surface area contributed by atoms with Crippen molar-refractivity contribution in [1.82, 2.24) is 9.47 Å². The van der Waals surface area contributed by atoms with E-state index >= 15 is 0 Å². The van der Waals surface area contributed by atoms with Crippen LogP contribution in [0, 0.1) is 11.3 Å². The van der Waals surface area contributed by atoms with Crippen LogP contribution in [0.1, 0.15) is 25.5 Å². The molecule has 0 saturated carbocycles. The van der Waals surface area contributed by atoms with Gasteiger partial charge in [0.05, 0.1) is 18.3 Å². The molecule has 3 heterocycles. The Kier molecular flexibility index (Phi) is 4.55. The number of likely N-dealkylation sites (N-methyl/N-ethyl adjacent to an activating group) is 1. The molecule has 2 saturated heterocycles. The van der Waals surface area contributed by atoms with E-state index in [9.17, 15) is 5.26 Å². The summed E-state index contributed by atoms with van der Waals surface area (Å²) >= 11 is 0. The number of ether oxygens (including phenoxy) is 1. The molecule has 0 aromatic carbocycles. The quantitative estimate of drug-likeness (QED) is 0.907. The van der Waals surface area contributed by atoms with Gasteiger partial charge in [-0.05, 0) is 25.5 Å². The second-order valence-electron chi connectivity index (χ2n) is 6.09. The van der Waals surface area contributed by atoms with Crippen LogP contribution in [0.3, 0.4) is 0 Å². The van der Waals surface area contributed by atoms with Gasteiger partial charge < -0.3 is 24.8 Å². The molecule has 3 rings (SSSR count). The average molecular weight is 303 g/mol. The Balaban J connectivity index is 1.83. The maximum Gasteiger partial charge on any atom is 0.133 e. The van der Waals surface area contributed by atoms with Gasteiger partial charge in [0.25, 0.3) is 0 Å². The van der Waals surface area contributed by atoms with Crippen molar-refractivity contribution < 1.29 is 4.74 Å². The fraction of sp³-hybridized carbons (Fsp3) is 0.688. The van der Waals surface area contributed by atoms with E-state index in [2.05, 4.69) is 27.4 Å². The van der Waals surface area contributed by atoms with Crippen LogP contribution in [0.2, 0.25) is 0 Å². The zero-order chi connectivity index (χ0) is 15.5. The van der Waals surface area contributed by atoms with E-state index in [4.69, 9.17) is 10.5 Å². The summed E-state index contributed by atoms with van der Waals surface area (Å²) < 4.78 is 7.81. The molecule has 0 spiro atoms. The van der Waals surface area contributed by atoms with Gasteiger partial charge in [-0.3, -0.25) is 0 Å². The van der Waals surface area contributed by atoms with Crippen LogP contribution < -0.4 is 10.6 Å². The van der Waals surface area contributed by atoms with Crippen molar-refractivity contribution in [3.05, 3.63) is 11.8 Å². The molecule has 0 amide bonds. The van der Waals surface area contributed by atoms with Gasteiger partial charge in [0.2, 0.25) is 0 Å². The lowest BCUT2D eigenvalue weighted by molar-refractivity contribution is 0.0970. The Labute approximate surface area is 132 Å². The predicted octanol–water partition coefficient (Wildman–Crippen LogP) is 1.26. The van der Waals surface area contributed by atoms with Gasteiger partial charge in [-0.2, -0.15) is 5.26 Å². The first-order valence-corrected chi connectivity index (χ1v) is 8.21. The molecule has 120 valence electrons. The van der Waals surface area contributed by atoms with Gasteiger partial charge in [0.1, 0.15) is 17.6 Å². The number of aromatic nitrogens is 1. The number of nitrogens with zero attached hydrogens (tertiary/aromatic N) is 4. The fourth-order valence-electron chi connectivity index (χ4n) is 3.46. The Hall–Kier alpha value is -1.71. The van der Waals surface area contributed by atoms with Gasteiger partial charge in [-0.25, -0.2) is 0 Å². The first-order valence-electron chi connectivity index (χ1n) is 8.21. The molecule has 1 aromatic heterocycles. The monoisotopic (exact) mass is 303 g/mol. The summed E-state index contributed by atoms with van der Waals surface area (Å²) in [6.45, 7) is 8.83. The minimum Gasteiger partial charge on any atom is -0.396 e. The molecule has 1 aromatic rings. The molecule has 22 heavy (non-hydrogen) atoms. The summed E-state index contributed by atoms with van der Waals surface area (Å²) in [6.07, 6.45) is 2.37. The third-order valence-corrected chi connectivity index (χ3v) is 4.74. The number of nitrogens with two attached hydrogens (primary N) is 1. The molecule has 6 heteroatoms. The van der Waals surface area contributed by atoms with Crippen LogP contribution in [-0.2, 0) is 11.3 Å². The maximum absolute atomic E-state index is 9.41. The van der Waals surface area contributed by atoms with Crippen molar-refractivity contribution in [1.29, 1.82) is 5.26 Å². The van der Waals surface area contributed by atoms with Crippen molar-refractivity contribution in [2.75, 3.05) is 50.0 Å². The van der Waals surface area contributed by atoms with E-state index in [0.717, 1.165) is 64.5 Å². The number of hydrogen-bond acceptors (Lipinski definition) is 5. The van der Waals surface area contributed by atoms with Crippen molar-refractivity contribution in [3.63, 3.8) is 0 Å². The molecular weight excluding hydrogens is 278 g/mol. The zero-order valence-electron chi connectivity index (χ0n) is 13.3. The Bertz CT molecular complexity index is 548. The molecule has 0 bridgehead atoms. The van der Waals surface area contributed by atoms with E-state index in [1.165, 1.54) is 0 Å². The average Bonchev–Trinajstić information content (AvgIpc) is 3.16. The number of rotatable bonds is 4. The van der Waals surface area contributed by atoms with Crippen LogP contribution in [0.15, 0.2) is 6.07 Å². The maximum atomic E-state index is 9.41. The highest BCUT2D eigenvalue weighted by atomic mass is 16.5. The van der Waals surface area contributed by atoms with Gasteiger partial charge >= 0.3 is 0 Å². The van der Waals surface area contributed by atoms with Crippen LogP contribution in [0.5, 0.6) is 0 Å². The number of nitrogen functional groups attached to an aromatic ring is 1. The fourth-order valence-corrected chi connectivity index (χ4v) is 3.46. The van der Waals surface area contributed by atoms with Crippen molar-refractivity contribution in [3.8, 4) is 6.07 Å². The Morgan fingerprint density at radius 3 is 2.73 bits per heavy atom. The molecule has 0 radical (unpaired) electrons. The van der Waals surface area contributed by atoms with E-state index in [1.807, 2.05) is 0 Å². The number of piperazine rings is 1. The van der Waals surface area contributed by atoms with E-state index in [1.54, 1.807) is 6.07 Å². The number of nitriles is 1. The van der Waals surface area contributed by atoms with E-state index in [0.29, 0.717) is 11.4 Å². The van der Waals surface area contributed by atoms with Crippen molar-refractivity contribution in [2.45, 2.75) is 32.4 Å². The zero-order valence-corrected chi connectivity index (χ0v) is 13.3. The second-order valence-corrected chi connectivity index (χ2v) is 6.09. The minimum atomic E-state index is 0.203. The Morgan fingerprint density at radius 1 is 1.36 bits per heavy atom. The Morgan fingerprint density at radius 2 is 2.14 bits per heavy atom. The number of hydrogen-bond donors (Lipinski definition) is 1. The van der Waals surface area contributed by atoms with Crippen LogP contribution in [0.25, 0.3) is 0 Å². The third kappa shape index (κ3) is 2.92. The summed E-state index contributed by atoms with van der Waals surface area (Å²) in [5, 5.41) is 9.41. The lowest BCUT2D eigenvalue weighted by Crippen LogP contribution is -2.47. The number of anilines is 2. The molecule has 2 N–H and O–H groups in total. The van der Waals surface area contributed by atoms with Gasteiger partial charge in [-0.1, -0.05) is 6.92 Å². The molecule has 6 nitrogen and oxygen atoms in total. The molecule has 0 unspecified atom stereocenters. The third-order valence-electron chi connectivity index (χ3n) is 4.74. The summed E-state index contributed by atoms with van der Waals surface area (Å²) in [6, 6.07) is 4.08. The largest absolute Gasteiger partial charge is 0.396 e. The normalized spacial score (nSPS) is 22.9. The highest BCUT2D eigenvalue weighted by Crippen LogP contribution is 2.30. The van der Waals surface area contributed by atoms with Crippen molar-refractivity contribution in [2.24, 2.45) is 0 Å². The summed E-state index contributed by atoms with van der Waals surface area (Å²) in [4.78, 5) is 4.75. The van der Waals surface area contributed by atoms with Crippen molar-refractivity contribution >= 4 is 11.5 Å². The van der Waals surface area contributed by atoms with Crippen LogP contribution in [0.4, 0.5) is 11.5 Å². The summed E-state index contributed by atoms with van der Waals surface area (Å²) in [7, 11) is 0. The molecule has 1 atom stereocenters. The minimum absolute atomic E-state index is 0.203. The standard InChI is InChI=1S/C16H25N5O/c1-2-19-5-7-20(8-6-19)16-15(18)10-13(11-17)21(16)12-14-4-3-9-22-14/h10,14H,2-9,12,18H2,1H3/t14-/m1/s1. The van der Waals surface area contributed by atoms with Crippen LogP contribution >= 0.6 is 0 Å². The summed E-state index contributed by atoms with van der Waals surface area (Å²) in [5.41, 5.74) is 7.57. The highest BCUT2D eigenvalue weighted by molar-refractivity contribution is 5.68. The molecular formula is C16H25N5O. The SMILES string of the molecule is CCN1CCN(c2c(N)cc(C#N)n2C[C@H]2CCCO2)CC1. The molecule has 2 aliphatic rings. The first kappa shape index (κ1) is 15.2. The van der Waals surface area contributed by atoms with Gasteiger partial charge in [-0.15, -0.1) is 0 Å². The predicted molar refractivity (Wildman–Crippen MR) is 86.9 cm³/mol. The van der Waals surface area contributed by atoms with Crippen LogP contribution in [-0.4, -0.2) is 54.9 Å². The second kappa shape index (κ2) is 6.59. The smallest absolute Gasteiger partial charge is 0.133 e. The lowest BCUT2D eigenvalue weighted by atomic mass is 10.2. The lowest BCUT2D eigenvalue weighted by Gasteiger charge is -2.36. The topological polar surface area (TPSA) is 70.5 Å². The highest BCUT2D eigenvalue weighted by Gasteiger charge is 2.25. The molecule has 0 aliphatic carbocycles.